The SMILES string of the molecule is CCn1ccc(=O)c(OCc2ccccc2)c1C(=O)NCCN(CCNC(=O)c1c(OCc2ccccc2)c(=O)ccn1CC(O)C(O)CO)CCNC(=O)c1c(OCc2ccccc2)c(=O)ccn1CC(O)C(O)CO. The molecule has 0 bridgehead atoms. The number of carbonyl (C=O) groups is 3. The molecule has 6 aromatic rings. The molecule has 22 heteroatoms. The van der Waals surface area contributed by atoms with Crippen LogP contribution < -0.4 is 46.4 Å². The smallest absolute Gasteiger partial charge is 0.271 e. The van der Waals surface area contributed by atoms with E-state index < -0.39 is 84.7 Å². The number of carbonyl (C=O) groups excluding carboxylic acids is 3. The molecule has 0 aliphatic heterocycles. The third kappa shape index (κ3) is 16.5. The zero-order valence-electron chi connectivity index (χ0n) is 42.5. The maximum Gasteiger partial charge on any atom is 0.271 e. The number of benzene rings is 3. The Labute approximate surface area is 443 Å². The van der Waals surface area contributed by atoms with Crippen molar-refractivity contribution in [2.45, 2.75) is 70.8 Å². The lowest BCUT2D eigenvalue weighted by atomic mass is 10.2. The van der Waals surface area contributed by atoms with Gasteiger partial charge in [-0.15, -0.1) is 0 Å². The third-order valence-electron chi connectivity index (χ3n) is 12.2. The highest BCUT2D eigenvalue weighted by atomic mass is 16.5. The van der Waals surface area contributed by atoms with Crippen LogP contribution >= 0.6 is 0 Å². The molecule has 4 atom stereocenters. The van der Waals surface area contributed by atoms with Crippen LogP contribution in [0.25, 0.3) is 0 Å². The van der Waals surface area contributed by atoms with Gasteiger partial charge in [-0.25, -0.2) is 0 Å². The van der Waals surface area contributed by atoms with Crippen molar-refractivity contribution in [3.63, 3.8) is 0 Å². The van der Waals surface area contributed by atoms with Crippen molar-refractivity contribution in [1.82, 2.24) is 34.6 Å². The molecule has 410 valence electrons. The van der Waals surface area contributed by atoms with Crippen LogP contribution in [0, 0.1) is 0 Å². The lowest BCUT2D eigenvalue weighted by molar-refractivity contribution is -0.0219. The second-order valence-electron chi connectivity index (χ2n) is 17.7. The van der Waals surface area contributed by atoms with Crippen LogP contribution in [-0.2, 0) is 39.5 Å². The number of aliphatic hydroxyl groups excluding tert-OH is 6. The molecular formula is C55H65N7O15. The number of amides is 3. The van der Waals surface area contributed by atoms with Gasteiger partial charge in [0.05, 0.1) is 38.5 Å². The Morgan fingerprint density at radius 1 is 0.468 bits per heavy atom. The molecule has 4 unspecified atom stereocenters. The third-order valence-corrected chi connectivity index (χ3v) is 12.2. The number of aromatic nitrogens is 3. The van der Waals surface area contributed by atoms with Crippen LogP contribution in [0.1, 0.15) is 55.1 Å². The number of hydrogen-bond donors (Lipinski definition) is 9. The summed E-state index contributed by atoms with van der Waals surface area (Å²) < 4.78 is 21.8. The molecule has 3 aromatic heterocycles. The van der Waals surface area contributed by atoms with Gasteiger partial charge in [0, 0.05) is 82.6 Å². The van der Waals surface area contributed by atoms with Gasteiger partial charge in [-0.1, -0.05) is 91.0 Å². The van der Waals surface area contributed by atoms with Crippen LogP contribution in [0.3, 0.4) is 0 Å². The predicted molar refractivity (Wildman–Crippen MR) is 282 cm³/mol. The highest BCUT2D eigenvalue weighted by Gasteiger charge is 2.27. The lowest BCUT2D eigenvalue weighted by Crippen LogP contribution is -2.44. The quantitative estimate of drug-likeness (QED) is 0.0292. The Kier molecular flexibility index (Phi) is 22.2. The van der Waals surface area contributed by atoms with Crippen molar-refractivity contribution in [1.29, 1.82) is 0 Å². The van der Waals surface area contributed by atoms with E-state index in [1.165, 1.54) is 33.8 Å². The minimum absolute atomic E-state index is 0.00588. The maximum atomic E-state index is 14.2. The van der Waals surface area contributed by atoms with Gasteiger partial charge in [0.1, 0.15) is 32.0 Å². The Balaban J connectivity index is 1.24. The summed E-state index contributed by atoms with van der Waals surface area (Å²) in [5.74, 6) is -3.06. The monoisotopic (exact) mass is 1060 g/mol. The number of aryl methyl sites for hydroxylation is 1. The molecule has 9 N–H and O–H groups in total. The second-order valence-corrected chi connectivity index (χ2v) is 17.7. The van der Waals surface area contributed by atoms with E-state index in [1.54, 1.807) is 77.1 Å². The summed E-state index contributed by atoms with van der Waals surface area (Å²) in [5.41, 5.74) is -0.228. The molecular weight excluding hydrogens is 999 g/mol. The summed E-state index contributed by atoms with van der Waals surface area (Å²) in [7, 11) is 0. The second kappa shape index (κ2) is 29.4. The largest absolute Gasteiger partial charge is 0.483 e. The fourth-order valence-corrected chi connectivity index (χ4v) is 8.00. The Morgan fingerprint density at radius 2 is 0.766 bits per heavy atom. The first-order valence-corrected chi connectivity index (χ1v) is 24.9. The van der Waals surface area contributed by atoms with Crippen LogP contribution in [0.5, 0.6) is 17.2 Å². The van der Waals surface area contributed by atoms with E-state index in [4.69, 9.17) is 14.2 Å². The number of ether oxygens (including phenoxy) is 3. The minimum atomic E-state index is -1.58. The summed E-state index contributed by atoms with van der Waals surface area (Å²) in [6, 6.07) is 30.4. The molecule has 0 saturated carbocycles. The van der Waals surface area contributed by atoms with Gasteiger partial charge in [0.2, 0.25) is 16.3 Å². The molecule has 0 aliphatic carbocycles. The van der Waals surface area contributed by atoms with E-state index in [9.17, 15) is 59.4 Å². The predicted octanol–water partition coefficient (Wildman–Crippen LogP) is 0.249. The van der Waals surface area contributed by atoms with Gasteiger partial charge >= 0.3 is 0 Å². The van der Waals surface area contributed by atoms with Crippen molar-refractivity contribution in [3.8, 4) is 17.2 Å². The van der Waals surface area contributed by atoms with Crippen molar-refractivity contribution >= 4 is 17.7 Å². The Morgan fingerprint density at radius 3 is 1.06 bits per heavy atom. The molecule has 3 heterocycles. The molecule has 0 aliphatic rings. The van der Waals surface area contributed by atoms with Crippen molar-refractivity contribution in [2.24, 2.45) is 0 Å². The number of hydrogen-bond acceptors (Lipinski definition) is 16. The van der Waals surface area contributed by atoms with Crippen molar-refractivity contribution in [3.05, 3.63) is 192 Å². The average molecular weight is 1060 g/mol. The van der Waals surface area contributed by atoms with Gasteiger partial charge in [-0.3, -0.25) is 33.7 Å². The highest BCUT2D eigenvalue weighted by molar-refractivity contribution is 5.96. The molecule has 6 rings (SSSR count). The maximum absolute atomic E-state index is 14.2. The van der Waals surface area contributed by atoms with E-state index in [0.29, 0.717) is 17.7 Å². The number of aliphatic hydroxyl groups is 6. The van der Waals surface area contributed by atoms with Crippen molar-refractivity contribution in [2.75, 3.05) is 52.5 Å². The van der Waals surface area contributed by atoms with Crippen molar-refractivity contribution < 1.29 is 59.2 Å². The minimum Gasteiger partial charge on any atom is -0.483 e. The summed E-state index contributed by atoms with van der Waals surface area (Å²) in [6.45, 7) is -0.551. The molecule has 3 aromatic carbocycles. The van der Waals surface area contributed by atoms with Crippen LogP contribution in [0.2, 0.25) is 0 Å². The normalized spacial score (nSPS) is 12.8. The average Bonchev–Trinajstić information content (AvgIpc) is 3.47. The summed E-state index contributed by atoms with van der Waals surface area (Å²) >= 11 is 0. The number of rotatable bonds is 30. The summed E-state index contributed by atoms with van der Waals surface area (Å²) in [4.78, 5) is 84.0. The fraction of sp³-hybridized carbons (Fsp3) is 0.345. The molecule has 0 saturated heterocycles. The highest BCUT2D eigenvalue weighted by Crippen LogP contribution is 2.20. The van der Waals surface area contributed by atoms with E-state index in [1.807, 2.05) is 30.3 Å². The number of nitrogens with one attached hydrogen (secondary N) is 3. The van der Waals surface area contributed by atoms with E-state index in [-0.39, 0.29) is 93.4 Å². The summed E-state index contributed by atoms with van der Waals surface area (Å²) in [6.07, 6.45) is -2.27. The molecule has 0 spiro atoms. The molecule has 3 amide bonds. The topological polar surface area (TPSA) is 306 Å². The number of pyridine rings is 3. The van der Waals surface area contributed by atoms with E-state index >= 15 is 0 Å². The van der Waals surface area contributed by atoms with Gasteiger partial charge in [-0.2, -0.15) is 0 Å². The fourth-order valence-electron chi connectivity index (χ4n) is 8.00. The Bertz CT molecular complexity index is 2900. The zero-order chi connectivity index (χ0) is 55.3. The molecule has 0 fully saturated rings. The summed E-state index contributed by atoms with van der Waals surface area (Å²) in [5, 5.41) is 69.2. The van der Waals surface area contributed by atoms with E-state index in [2.05, 4.69) is 16.0 Å². The first-order chi connectivity index (χ1) is 37.2. The standard InChI is InChI=1S/C55H65N7O15/c1-2-60-24-18-40(65)50(75-34-37-12-6-3-7-13-37)47(60)53(72)56-21-27-59(28-22-57-54(73)48-51(76-35-38-14-8-4-9-15-38)41(66)19-25-61(48)30-43(68)45(70)32-63)29-23-58-55(74)49-52(77-36-39-16-10-5-11-17-39)42(67)20-26-62(49)31-44(69)46(71)33-64/h3-20,24-26,43-46,63-64,68-71H,2,21-23,27-36H2,1H3,(H,56,72)(H,57,73)(H,58,74). The van der Waals surface area contributed by atoms with Gasteiger partial charge < -0.3 is 74.5 Å². The molecule has 22 nitrogen and oxygen atoms in total. The first-order valence-electron chi connectivity index (χ1n) is 24.9. The van der Waals surface area contributed by atoms with Gasteiger partial charge in [0.25, 0.3) is 17.7 Å². The van der Waals surface area contributed by atoms with Crippen LogP contribution in [-0.4, -0.2) is 144 Å². The molecule has 77 heavy (non-hydrogen) atoms. The van der Waals surface area contributed by atoms with E-state index in [0.717, 1.165) is 17.7 Å². The van der Waals surface area contributed by atoms with Gasteiger partial charge in [-0.05, 0) is 23.6 Å². The first kappa shape index (κ1) is 58.3. The molecule has 0 radical (unpaired) electrons. The van der Waals surface area contributed by atoms with Gasteiger partial charge in [0.15, 0.2) is 34.3 Å². The van der Waals surface area contributed by atoms with Crippen LogP contribution in [0.15, 0.2) is 142 Å². The Hall–Kier alpha value is -7.96. The zero-order valence-corrected chi connectivity index (χ0v) is 42.5. The number of nitrogens with zero attached hydrogens (tertiary/aromatic N) is 4. The lowest BCUT2D eigenvalue weighted by Gasteiger charge is -2.25. The van der Waals surface area contributed by atoms with Crippen LogP contribution in [0.4, 0.5) is 0 Å².